The largest absolute Gasteiger partial charge is 0.418 e. The van der Waals surface area contributed by atoms with Gasteiger partial charge in [0, 0.05) is 34.1 Å². The molecule has 0 spiro atoms. The van der Waals surface area contributed by atoms with E-state index in [2.05, 4.69) is 101 Å². The smallest absolute Gasteiger partial charge is 0.348 e. The number of anilines is 5. The maximum Gasteiger partial charge on any atom is 0.348 e. The number of aryl methyl sites for hydroxylation is 1. The van der Waals surface area contributed by atoms with Gasteiger partial charge < -0.3 is 19.3 Å². The SMILES string of the molecule is O=C1OC2=C(c3ccc4cc(N(c5ccccc5)c5ccccc5)ccc4c3)C(=O)OC2=C1c1ccc2c(c1)CCC(N(c1ccccc1)c1ccccc1)=C2. The predicted molar refractivity (Wildman–Crippen MR) is 222 cm³/mol. The molecule has 0 saturated carbocycles. The molecule has 2 aliphatic heterocycles. The van der Waals surface area contributed by atoms with Gasteiger partial charge >= 0.3 is 11.9 Å². The van der Waals surface area contributed by atoms with Crippen molar-refractivity contribution in [1.82, 2.24) is 0 Å². The number of benzene rings is 7. The van der Waals surface area contributed by atoms with Gasteiger partial charge in [-0.15, -0.1) is 0 Å². The number of carbonyl (C=O) groups excluding carboxylic acids is 2. The van der Waals surface area contributed by atoms with E-state index in [1.807, 2.05) is 91.0 Å². The van der Waals surface area contributed by atoms with E-state index in [1.165, 1.54) is 5.70 Å². The third-order valence-corrected chi connectivity index (χ3v) is 10.6. The summed E-state index contributed by atoms with van der Waals surface area (Å²) in [6.07, 6.45) is 3.81. The zero-order valence-corrected chi connectivity index (χ0v) is 30.3. The van der Waals surface area contributed by atoms with E-state index >= 15 is 0 Å². The molecule has 56 heavy (non-hydrogen) atoms. The Morgan fingerprint density at radius 1 is 0.411 bits per heavy atom. The second-order valence-corrected chi connectivity index (χ2v) is 14.0. The molecular weight excluding hydrogens is 693 g/mol. The number of allylic oxidation sites excluding steroid dienone is 1. The highest BCUT2D eigenvalue weighted by Gasteiger charge is 2.44. The minimum absolute atomic E-state index is 0.173. The van der Waals surface area contributed by atoms with Crippen molar-refractivity contribution in [3.8, 4) is 0 Å². The zero-order valence-electron chi connectivity index (χ0n) is 30.3. The summed E-state index contributed by atoms with van der Waals surface area (Å²) >= 11 is 0. The molecule has 0 radical (unpaired) electrons. The number of ether oxygens (including phenoxy) is 2. The summed E-state index contributed by atoms with van der Waals surface area (Å²) in [7, 11) is 0. The lowest BCUT2D eigenvalue weighted by atomic mass is 9.90. The number of carbonyl (C=O) groups is 2. The molecule has 0 N–H and O–H groups in total. The number of hydrogen-bond donors (Lipinski definition) is 0. The van der Waals surface area contributed by atoms with E-state index in [0.29, 0.717) is 11.1 Å². The van der Waals surface area contributed by atoms with Crippen molar-refractivity contribution >= 4 is 68.4 Å². The Kier molecular flexibility index (Phi) is 8.15. The van der Waals surface area contributed by atoms with Gasteiger partial charge in [-0.25, -0.2) is 9.59 Å². The third kappa shape index (κ3) is 5.85. The number of hydrogen-bond acceptors (Lipinski definition) is 6. The Labute approximate surface area is 324 Å². The Hall–Kier alpha value is -7.44. The Balaban J connectivity index is 0.976. The Bertz CT molecular complexity index is 2690. The van der Waals surface area contributed by atoms with Gasteiger partial charge in [-0.1, -0.05) is 109 Å². The average Bonchev–Trinajstić information content (AvgIpc) is 3.73. The Morgan fingerprint density at radius 3 is 1.43 bits per heavy atom. The van der Waals surface area contributed by atoms with Gasteiger partial charge in [0.2, 0.25) is 0 Å². The van der Waals surface area contributed by atoms with Crippen molar-refractivity contribution in [2.45, 2.75) is 12.8 Å². The predicted octanol–water partition coefficient (Wildman–Crippen LogP) is 11.7. The summed E-state index contributed by atoms with van der Waals surface area (Å²) < 4.78 is 11.7. The highest BCUT2D eigenvalue weighted by molar-refractivity contribution is 6.29. The topological polar surface area (TPSA) is 59.1 Å². The average molecular weight is 727 g/mol. The van der Waals surface area contributed by atoms with Gasteiger partial charge in [0.15, 0.2) is 11.5 Å². The fraction of sp³-hybridized carbons (Fsp3) is 0.0400. The van der Waals surface area contributed by atoms with Crippen molar-refractivity contribution in [2.75, 3.05) is 9.80 Å². The van der Waals surface area contributed by atoms with Gasteiger partial charge in [0.05, 0.1) is 0 Å². The van der Waals surface area contributed by atoms with Crippen LogP contribution in [0.25, 0.3) is 28.0 Å². The number of esters is 2. The van der Waals surface area contributed by atoms with Crippen molar-refractivity contribution in [3.63, 3.8) is 0 Å². The van der Waals surface area contributed by atoms with E-state index < -0.39 is 11.9 Å². The second kappa shape index (κ2) is 13.8. The molecule has 0 saturated heterocycles. The molecule has 0 bridgehead atoms. The van der Waals surface area contributed by atoms with Crippen molar-refractivity contribution in [1.29, 1.82) is 0 Å². The highest BCUT2D eigenvalue weighted by Crippen LogP contribution is 2.45. The first-order valence-electron chi connectivity index (χ1n) is 18.7. The van der Waals surface area contributed by atoms with Gasteiger partial charge in [-0.3, -0.25) is 0 Å². The van der Waals surface area contributed by atoms with Crippen LogP contribution in [0.2, 0.25) is 0 Å². The highest BCUT2D eigenvalue weighted by atomic mass is 16.6. The molecule has 0 atom stereocenters. The van der Waals surface area contributed by atoms with Crippen molar-refractivity contribution < 1.29 is 19.1 Å². The normalized spacial score (nSPS) is 14.6. The zero-order chi connectivity index (χ0) is 37.6. The first-order chi connectivity index (χ1) is 27.6. The molecule has 7 aromatic rings. The van der Waals surface area contributed by atoms with Gasteiger partial charge in [-0.05, 0) is 119 Å². The van der Waals surface area contributed by atoms with Crippen LogP contribution in [0.4, 0.5) is 28.4 Å². The van der Waals surface area contributed by atoms with Crippen molar-refractivity contribution in [3.05, 3.63) is 215 Å². The lowest BCUT2D eigenvalue weighted by molar-refractivity contribution is -0.131. The van der Waals surface area contributed by atoms with Gasteiger partial charge in [0.25, 0.3) is 0 Å². The van der Waals surface area contributed by atoms with Crippen LogP contribution in [-0.2, 0) is 25.5 Å². The minimum Gasteiger partial charge on any atom is -0.418 e. The van der Waals surface area contributed by atoms with E-state index in [-0.39, 0.29) is 22.7 Å². The van der Waals surface area contributed by atoms with Gasteiger partial charge in [-0.2, -0.15) is 0 Å². The number of para-hydroxylation sites is 4. The van der Waals surface area contributed by atoms with Crippen LogP contribution in [0.3, 0.4) is 0 Å². The van der Waals surface area contributed by atoms with Crippen LogP contribution in [0.5, 0.6) is 0 Å². The summed E-state index contributed by atoms with van der Waals surface area (Å²) in [5.74, 6) is -0.717. The van der Waals surface area contributed by atoms with Crippen LogP contribution < -0.4 is 9.80 Å². The maximum absolute atomic E-state index is 13.5. The monoisotopic (exact) mass is 726 g/mol. The van der Waals surface area contributed by atoms with Crippen LogP contribution in [0.15, 0.2) is 193 Å². The third-order valence-electron chi connectivity index (χ3n) is 10.6. The van der Waals surface area contributed by atoms with E-state index in [0.717, 1.165) is 63.2 Å². The molecule has 6 nitrogen and oxygen atoms in total. The van der Waals surface area contributed by atoms with E-state index in [9.17, 15) is 9.59 Å². The minimum atomic E-state index is -0.539. The molecule has 0 amide bonds. The fourth-order valence-corrected chi connectivity index (χ4v) is 7.97. The van der Waals surface area contributed by atoms with Crippen LogP contribution in [0, 0.1) is 0 Å². The lowest BCUT2D eigenvalue weighted by Gasteiger charge is -2.30. The molecule has 0 fully saturated rings. The standard InChI is InChI=1S/C50H34N2O4/c53-49-45(37-23-21-35-31-43(27-25-33(35)29-37)51(39-13-5-1-6-14-39)40-15-7-2-8-16-40)47-48(56-49)46(50(54)55-47)38-24-22-36-32-44(28-26-34(36)30-38)52(41-17-9-3-10-18-41)42-19-11-4-12-20-42/h1-25,27,29-32H,26,28H2. The van der Waals surface area contributed by atoms with Crippen LogP contribution in [-0.4, -0.2) is 11.9 Å². The van der Waals surface area contributed by atoms with Crippen molar-refractivity contribution in [2.24, 2.45) is 0 Å². The molecule has 0 aromatic heterocycles. The molecule has 0 unspecified atom stereocenters. The molecular formula is C50H34N2O4. The first-order valence-corrected chi connectivity index (χ1v) is 18.7. The summed E-state index contributed by atoms with van der Waals surface area (Å²) in [6, 6.07) is 59.3. The molecule has 3 aliphatic rings. The quantitative estimate of drug-likeness (QED) is 0.145. The molecule has 7 aromatic carbocycles. The van der Waals surface area contributed by atoms with E-state index in [1.54, 1.807) is 0 Å². The molecule has 1 aliphatic carbocycles. The molecule has 6 heteroatoms. The molecule has 268 valence electrons. The summed E-state index contributed by atoms with van der Waals surface area (Å²) in [6.45, 7) is 0. The number of rotatable bonds is 8. The Morgan fingerprint density at radius 2 is 0.875 bits per heavy atom. The summed E-state index contributed by atoms with van der Waals surface area (Å²) in [4.78, 5) is 31.5. The van der Waals surface area contributed by atoms with Gasteiger partial charge in [0.1, 0.15) is 11.1 Å². The number of fused-ring (bicyclic) bond motifs is 3. The summed E-state index contributed by atoms with van der Waals surface area (Å²) in [5.41, 5.74) is 10.5. The van der Waals surface area contributed by atoms with E-state index in [4.69, 9.17) is 9.47 Å². The van der Waals surface area contributed by atoms with Crippen LogP contribution in [0.1, 0.15) is 28.7 Å². The molecule has 2 heterocycles. The summed E-state index contributed by atoms with van der Waals surface area (Å²) in [5, 5.41) is 1.94. The molecule has 10 rings (SSSR count). The first kappa shape index (κ1) is 33.2. The second-order valence-electron chi connectivity index (χ2n) is 14.0. The fourth-order valence-electron chi connectivity index (χ4n) is 7.97. The van der Waals surface area contributed by atoms with Crippen LogP contribution >= 0.6 is 0 Å². The lowest BCUT2D eigenvalue weighted by Crippen LogP contribution is -2.19. The maximum atomic E-state index is 13.5. The number of nitrogens with zero attached hydrogens (tertiary/aromatic N) is 2.